The molecule has 0 amide bonds. The van der Waals surface area contributed by atoms with E-state index < -0.39 is 6.17 Å². The van der Waals surface area contributed by atoms with E-state index in [0.717, 1.165) is 32.5 Å². The summed E-state index contributed by atoms with van der Waals surface area (Å²) in [6.45, 7) is 7.09. The van der Waals surface area contributed by atoms with Crippen LogP contribution < -0.4 is 0 Å². The number of likely N-dealkylation sites (tertiary alicyclic amines) is 1. The molecule has 0 N–H and O–H groups in total. The normalized spacial score (nSPS) is 24.4. The Morgan fingerprint density at radius 1 is 1.31 bits per heavy atom. The number of alkyl halides is 1. The van der Waals surface area contributed by atoms with E-state index in [1.165, 1.54) is 0 Å². The molecule has 1 saturated carbocycles. The highest BCUT2D eigenvalue weighted by Crippen LogP contribution is 2.46. The summed E-state index contributed by atoms with van der Waals surface area (Å²) in [4.78, 5) is 12.5. The van der Waals surface area contributed by atoms with E-state index in [2.05, 4.69) is 10.1 Å². The second kappa shape index (κ2) is 6.28. The van der Waals surface area contributed by atoms with Crippen molar-refractivity contribution >= 4 is 0 Å². The predicted molar refractivity (Wildman–Crippen MR) is 64.2 cm³/mol. The molecule has 3 nitrogen and oxygen atoms in total. The third kappa shape index (κ3) is 3.81. The van der Waals surface area contributed by atoms with Crippen molar-refractivity contribution in [2.75, 3.05) is 26.2 Å². The van der Waals surface area contributed by atoms with Gasteiger partial charge in [0.05, 0.1) is 6.54 Å². The number of rotatable bonds is 4. The van der Waals surface area contributed by atoms with Gasteiger partial charge in [0.2, 0.25) is 0 Å². The summed E-state index contributed by atoms with van der Waals surface area (Å²) in [6.07, 6.45) is 2.95. The molecule has 0 radical (unpaired) electrons. The Morgan fingerprint density at radius 2 is 1.88 bits per heavy atom. The van der Waals surface area contributed by atoms with Crippen LogP contribution in [-0.2, 0) is 0 Å². The molecule has 0 aromatic heterocycles. The summed E-state index contributed by atoms with van der Waals surface area (Å²) in [5, 5.41) is 3.00. The van der Waals surface area contributed by atoms with E-state index in [-0.39, 0.29) is 5.41 Å². The van der Waals surface area contributed by atoms with Crippen LogP contribution >= 0.6 is 0 Å². The third-order valence-electron chi connectivity index (χ3n) is 3.43. The van der Waals surface area contributed by atoms with Gasteiger partial charge in [-0.1, -0.05) is 19.0 Å². The van der Waals surface area contributed by atoms with Gasteiger partial charge in [-0.15, -0.1) is 0 Å². The van der Waals surface area contributed by atoms with Crippen LogP contribution in [0.3, 0.4) is 0 Å². The minimum absolute atomic E-state index is 0.172. The highest BCUT2D eigenvalue weighted by atomic mass is 19.1. The van der Waals surface area contributed by atoms with Crippen molar-refractivity contribution in [3.63, 3.8) is 0 Å². The van der Waals surface area contributed by atoms with Gasteiger partial charge in [-0.05, 0) is 25.7 Å². The molecule has 0 unspecified atom stereocenters. The Hall–Kier alpha value is -0.510. The van der Waals surface area contributed by atoms with Gasteiger partial charge in [0.15, 0.2) is 0 Å². The number of hydrogen-bond donors (Lipinski definition) is 0. The average molecular weight is 230 g/mol. The fourth-order valence-electron chi connectivity index (χ4n) is 2.21. The number of nitrogens with zero attached hydrogens (tertiary/aromatic N) is 2. The maximum Gasteiger partial charge on any atom is 0.103 e. The van der Waals surface area contributed by atoms with Gasteiger partial charge in [0.25, 0.3) is 0 Å². The maximum atomic E-state index is 12.9. The van der Waals surface area contributed by atoms with Crippen molar-refractivity contribution in [1.82, 2.24) is 4.90 Å². The molecule has 2 fully saturated rings. The van der Waals surface area contributed by atoms with Crippen molar-refractivity contribution in [1.29, 1.82) is 0 Å². The minimum Gasteiger partial charge on any atom is -0.302 e. The SMILES string of the molecule is CC.O=NCC1(CN2CCC(F)CC2)CC1. The lowest BCUT2D eigenvalue weighted by molar-refractivity contribution is 0.130. The van der Waals surface area contributed by atoms with Gasteiger partial charge in [-0.25, -0.2) is 4.39 Å². The lowest BCUT2D eigenvalue weighted by Crippen LogP contribution is -2.39. The summed E-state index contributed by atoms with van der Waals surface area (Å²) in [7, 11) is 0. The smallest absolute Gasteiger partial charge is 0.103 e. The average Bonchev–Trinajstić information content (AvgIpc) is 3.05. The molecule has 1 aliphatic heterocycles. The minimum atomic E-state index is -0.606. The number of halogens is 1. The van der Waals surface area contributed by atoms with E-state index in [9.17, 15) is 9.30 Å². The van der Waals surface area contributed by atoms with Gasteiger partial charge < -0.3 is 4.90 Å². The summed E-state index contributed by atoms with van der Waals surface area (Å²) in [5.74, 6) is 0. The van der Waals surface area contributed by atoms with Crippen LogP contribution in [0.4, 0.5) is 4.39 Å². The number of hydrogen-bond acceptors (Lipinski definition) is 3. The second-order valence-electron chi connectivity index (χ2n) is 4.74. The van der Waals surface area contributed by atoms with Crippen molar-refractivity contribution in [2.45, 2.75) is 45.7 Å². The van der Waals surface area contributed by atoms with Crippen LogP contribution in [0.2, 0.25) is 0 Å². The van der Waals surface area contributed by atoms with E-state index in [4.69, 9.17) is 0 Å². The molecule has 0 atom stereocenters. The quantitative estimate of drug-likeness (QED) is 0.695. The zero-order valence-corrected chi connectivity index (χ0v) is 10.4. The first kappa shape index (κ1) is 13.6. The molecule has 0 spiro atoms. The zero-order valence-electron chi connectivity index (χ0n) is 10.4. The maximum absolute atomic E-state index is 12.9. The Labute approximate surface area is 97.4 Å². The Balaban J connectivity index is 0.000000606. The monoisotopic (exact) mass is 230 g/mol. The number of piperidine rings is 1. The largest absolute Gasteiger partial charge is 0.302 e. The molecule has 1 aliphatic carbocycles. The standard InChI is InChI=1S/C10H17FN2O.C2H6/c11-9-1-5-13(6-2-9)8-10(3-4-10)7-12-14;1-2/h9H,1-8H2;1-2H3. The fraction of sp³-hybridized carbons (Fsp3) is 1.00. The Morgan fingerprint density at radius 3 is 2.31 bits per heavy atom. The van der Waals surface area contributed by atoms with Crippen LogP contribution in [0, 0.1) is 10.3 Å². The molecular formula is C12H23FN2O. The molecule has 16 heavy (non-hydrogen) atoms. The molecule has 0 aromatic rings. The topological polar surface area (TPSA) is 32.7 Å². The zero-order chi connectivity index (χ0) is 12.0. The molecule has 2 rings (SSSR count). The predicted octanol–water partition coefficient (Wildman–Crippen LogP) is 2.99. The van der Waals surface area contributed by atoms with Gasteiger partial charge in [0.1, 0.15) is 6.17 Å². The summed E-state index contributed by atoms with van der Waals surface area (Å²) < 4.78 is 12.9. The number of nitroso groups, excluding NO2 is 1. The Kier molecular flexibility index (Phi) is 5.32. The van der Waals surface area contributed by atoms with Crippen molar-refractivity contribution in [2.24, 2.45) is 10.6 Å². The van der Waals surface area contributed by atoms with Crippen LogP contribution in [0.15, 0.2) is 5.18 Å². The lowest BCUT2D eigenvalue weighted by Gasteiger charge is -2.31. The van der Waals surface area contributed by atoms with Crippen molar-refractivity contribution < 1.29 is 4.39 Å². The highest BCUT2D eigenvalue weighted by Gasteiger charge is 2.44. The van der Waals surface area contributed by atoms with Crippen molar-refractivity contribution in [3.8, 4) is 0 Å². The van der Waals surface area contributed by atoms with Crippen LogP contribution in [0.25, 0.3) is 0 Å². The fourth-order valence-corrected chi connectivity index (χ4v) is 2.21. The van der Waals surface area contributed by atoms with Gasteiger partial charge in [0, 0.05) is 25.0 Å². The second-order valence-corrected chi connectivity index (χ2v) is 4.74. The molecule has 0 aromatic carbocycles. The third-order valence-corrected chi connectivity index (χ3v) is 3.43. The van der Waals surface area contributed by atoms with Crippen LogP contribution in [-0.4, -0.2) is 37.3 Å². The van der Waals surface area contributed by atoms with Gasteiger partial charge >= 0.3 is 0 Å². The first-order chi connectivity index (χ1) is 7.74. The first-order valence-electron chi connectivity index (χ1n) is 6.40. The van der Waals surface area contributed by atoms with Crippen LogP contribution in [0.5, 0.6) is 0 Å². The molecule has 0 bridgehead atoms. The van der Waals surface area contributed by atoms with Gasteiger partial charge in [-0.3, -0.25) is 0 Å². The first-order valence-corrected chi connectivity index (χ1v) is 6.40. The molecule has 94 valence electrons. The molecule has 4 heteroatoms. The molecule has 1 saturated heterocycles. The molecule has 1 heterocycles. The molecule has 2 aliphatic rings. The lowest BCUT2D eigenvalue weighted by atomic mass is 10.0. The Bertz CT molecular complexity index is 211. The molecular weight excluding hydrogens is 207 g/mol. The summed E-state index contributed by atoms with van der Waals surface area (Å²) in [6, 6.07) is 0. The van der Waals surface area contributed by atoms with E-state index in [1.807, 2.05) is 13.8 Å². The van der Waals surface area contributed by atoms with Crippen molar-refractivity contribution in [3.05, 3.63) is 4.91 Å². The van der Waals surface area contributed by atoms with E-state index >= 15 is 0 Å². The van der Waals surface area contributed by atoms with E-state index in [0.29, 0.717) is 19.4 Å². The van der Waals surface area contributed by atoms with E-state index in [1.54, 1.807) is 0 Å². The summed E-state index contributed by atoms with van der Waals surface area (Å²) >= 11 is 0. The van der Waals surface area contributed by atoms with Gasteiger partial charge in [-0.2, -0.15) is 4.91 Å². The highest BCUT2D eigenvalue weighted by molar-refractivity contribution is 4.97. The van der Waals surface area contributed by atoms with Crippen LogP contribution in [0.1, 0.15) is 39.5 Å². The summed E-state index contributed by atoms with van der Waals surface area (Å²) in [5.41, 5.74) is 0.172.